The molecule has 0 saturated carbocycles. The highest BCUT2D eigenvalue weighted by atomic mass is 32.1. The zero-order valence-corrected chi connectivity index (χ0v) is 17.1. The van der Waals surface area contributed by atoms with Gasteiger partial charge in [0, 0.05) is 52.4 Å². The molecule has 1 aliphatic heterocycles. The summed E-state index contributed by atoms with van der Waals surface area (Å²) in [6.07, 6.45) is 2.11. The molecule has 3 heterocycles. The molecule has 0 aliphatic carbocycles. The Bertz CT molecular complexity index is 932. The molecule has 0 spiro atoms. The van der Waals surface area contributed by atoms with E-state index in [9.17, 15) is 4.79 Å². The number of hydrogen-bond acceptors (Lipinski definition) is 5. The summed E-state index contributed by atoms with van der Waals surface area (Å²) in [6, 6.07) is 7.85. The molecular formula is C20H22N4OS2. The van der Waals surface area contributed by atoms with E-state index in [1.54, 1.807) is 22.7 Å². The monoisotopic (exact) mass is 398 g/mol. The number of anilines is 1. The van der Waals surface area contributed by atoms with E-state index in [0.29, 0.717) is 5.92 Å². The molecule has 0 radical (unpaired) electrons. The predicted octanol–water partition coefficient (Wildman–Crippen LogP) is 5.29. The summed E-state index contributed by atoms with van der Waals surface area (Å²) in [6.45, 7) is 5.54. The molecule has 0 bridgehead atoms. The number of carbonyl (C=O) groups excluding carboxylic acids is 1. The lowest BCUT2D eigenvalue weighted by atomic mass is 9.99. The van der Waals surface area contributed by atoms with Gasteiger partial charge in [0.2, 0.25) is 0 Å². The van der Waals surface area contributed by atoms with Crippen molar-refractivity contribution in [1.29, 1.82) is 0 Å². The van der Waals surface area contributed by atoms with E-state index in [4.69, 9.17) is 0 Å². The highest BCUT2D eigenvalue weighted by Gasteiger charge is 2.26. The normalized spacial score (nSPS) is 17.1. The first kappa shape index (κ1) is 18.1. The third-order valence-electron chi connectivity index (χ3n) is 4.70. The Labute approximate surface area is 167 Å². The number of benzene rings is 1. The van der Waals surface area contributed by atoms with Gasteiger partial charge in [0.25, 0.3) is 0 Å². The first-order valence-electron chi connectivity index (χ1n) is 9.09. The van der Waals surface area contributed by atoms with Crippen LogP contribution in [0.5, 0.6) is 0 Å². The summed E-state index contributed by atoms with van der Waals surface area (Å²) in [5, 5.41) is 9.30. The van der Waals surface area contributed by atoms with Crippen LogP contribution in [0.15, 0.2) is 35.0 Å². The second-order valence-electron chi connectivity index (χ2n) is 6.91. The average Bonchev–Trinajstić information content (AvgIpc) is 3.31. The van der Waals surface area contributed by atoms with Crippen molar-refractivity contribution in [3.05, 3.63) is 51.4 Å². The van der Waals surface area contributed by atoms with Gasteiger partial charge in [-0.3, -0.25) is 0 Å². The Kier molecular flexibility index (Phi) is 5.22. The van der Waals surface area contributed by atoms with Crippen LogP contribution in [0.3, 0.4) is 0 Å². The highest BCUT2D eigenvalue weighted by Crippen LogP contribution is 2.30. The number of carbonyl (C=O) groups is 1. The van der Waals surface area contributed by atoms with Gasteiger partial charge < -0.3 is 10.2 Å². The quantitative estimate of drug-likeness (QED) is 0.652. The van der Waals surface area contributed by atoms with E-state index < -0.39 is 0 Å². The summed E-state index contributed by atoms with van der Waals surface area (Å²) in [4.78, 5) is 23.7. The molecule has 27 heavy (non-hydrogen) atoms. The first-order chi connectivity index (χ1) is 13.1. The maximum Gasteiger partial charge on any atom is 0.321 e. The Morgan fingerprint density at radius 2 is 1.85 bits per heavy atom. The van der Waals surface area contributed by atoms with Crippen molar-refractivity contribution in [2.75, 3.05) is 18.4 Å². The van der Waals surface area contributed by atoms with Gasteiger partial charge in [-0.25, -0.2) is 14.8 Å². The van der Waals surface area contributed by atoms with Gasteiger partial charge in [-0.15, -0.1) is 22.7 Å². The largest absolute Gasteiger partial charge is 0.324 e. The standard InChI is InChI=1S/C20H22N4OS2/c1-13-11-26-18(21-13)15-5-7-17(8-6-15)23-20(25)24-9-3-4-16(10-24)19-22-14(2)12-27-19/h5-8,11-12,16H,3-4,9-10H2,1-2H3,(H,23,25)/t16-/m0/s1. The van der Waals surface area contributed by atoms with Crippen molar-refractivity contribution in [2.45, 2.75) is 32.6 Å². The van der Waals surface area contributed by atoms with Gasteiger partial charge in [0.15, 0.2) is 0 Å². The van der Waals surface area contributed by atoms with Crippen LogP contribution in [0.2, 0.25) is 0 Å². The molecule has 1 saturated heterocycles. The van der Waals surface area contributed by atoms with Crippen molar-refractivity contribution in [1.82, 2.24) is 14.9 Å². The van der Waals surface area contributed by atoms with E-state index in [1.165, 1.54) is 0 Å². The second kappa shape index (κ2) is 7.78. The van der Waals surface area contributed by atoms with Gasteiger partial charge >= 0.3 is 6.03 Å². The molecular weight excluding hydrogens is 376 g/mol. The molecule has 1 fully saturated rings. The van der Waals surface area contributed by atoms with Crippen LogP contribution in [0.4, 0.5) is 10.5 Å². The van der Waals surface area contributed by atoms with Gasteiger partial charge in [0.1, 0.15) is 5.01 Å². The van der Waals surface area contributed by atoms with Crippen molar-refractivity contribution >= 4 is 34.4 Å². The summed E-state index contributed by atoms with van der Waals surface area (Å²) in [5.41, 5.74) is 3.97. The lowest BCUT2D eigenvalue weighted by Gasteiger charge is -2.31. The fourth-order valence-electron chi connectivity index (χ4n) is 3.31. The van der Waals surface area contributed by atoms with E-state index in [-0.39, 0.29) is 6.03 Å². The van der Waals surface area contributed by atoms with Crippen LogP contribution < -0.4 is 5.32 Å². The van der Waals surface area contributed by atoms with Crippen LogP contribution in [-0.4, -0.2) is 34.0 Å². The van der Waals surface area contributed by atoms with Crippen LogP contribution in [0, 0.1) is 13.8 Å². The lowest BCUT2D eigenvalue weighted by Crippen LogP contribution is -2.41. The molecule has 4 rings (SSSR count). The minimum atomic E-state index is -0.0363. The average molecular weight is 399 g/mol. The molecule has 1 N–H and O–H groups in total. The molecule has 2 aromatic heterocycles. The third-order valence-corrected chi connectivity index (χ3v) is 6.83. The molecule has 1 aliphatic rings. The Morgan fingerprint density at radius 3 is 2.52 bits per heavy atom. The van der Waals surface area contributed by atoms with Gasteiger partial charge in [-0.1, -0.05) is 0 Å². The number of rotatable bonds is 3. The SMILES string of the molecule is Cc1csc(-c2ccc(NC(=O)N3CCC[C@H](c4nc(C)cs4)C3)cc2)n1. The number of likely N-dealkylation sites (tertiary alicyclic amines) is 1. The second-order valence-corrected chi connectivity index (χ2v) is 8.66. The van der Waals surface area contributed by atoms with Gasteiger partial charge in [-0.05, 0) is 51.0 Å². The van der Waals surface area contributed by atoms with Crippen molar-refractivity contribution in [2.24, 2.45) is 0 Å². The summed E-state index contributed by atoms with van der Waals surface area (Å²) in [5.74, 6) is 0.346. The number of nitrogens with one attached hydrogen (secondary N) is 1. The number of nitrogens with zero attached hydrogens (tertiary/aromatic N) is 3. The number of hydrogen-bond donors (Lipinski definition) is 1. The molecule has 2 amide bonds. The Balaban J connectivity index is 1.39. The van der Waals surface area contributed by atoms with Crippen LogP contribution in [0.1, 0.15) is 35.2 Å². The van der Waals surface area contributed by atoms with Gasteiger partial charge in [-0.2, -0.15) is 0 Å². The molecule has 1 aromatic carbocycles. The Hall–Kier alpha value is -2.25. The highest BCUT2D eigenvalue weighted by molar-refractivity contribution is 7.13. The maximum atomic E-state index is 12.7. The first-order valence-corrected chi connectivity index (χ1v) is 10.8. The smallest absolute Gasteiger partial charge is 0.321 e. The summed E-state index contributed by atoms with van der Waals surface area (Å²) in [7, 11) is 0. The van der Waals surface area contributed by atoms with E-state index >= 15 is 0 Å². The van der Waals surface area contributed by atoms with Crippen LogP contribution >= 0.6 is 22.7 Å². The van der Waals surface area contributed by atoms with Crippen molar-refractivity contribution in [3.63, 3.8) is 0 Å². The zero-order chi connectivity index (χ0) is 18.8. The molecule has 1 atom stereocenters. The zero-order valence-electron chi connectivity index (χ0n) is 15.4. The lowest BCUT2D eigenvalue weighted by molar-refractivity contribution is 0.192. The number of thiazole rings is 2. The number of aryl methyl sites for hydroxylation is 2. The molecule has 5 nitrogen and oxygen atoms in total. The number of piperidine rings is 1. The number of amides is 2. The number of urea groups is 1. The molecule has 7 heteroatoms. The molecule has 3 aromatic rings. The predicted molar refractivity (Wildman–Crippen MR) is 112 cm³/mol. The maximum absolute atomic E-state index is 12.7. The fourth-order valence-corrected chi connectivity index (χ4v) is 5.04. The Morgan fingerprint density at radius 1 is 1.11 bits per heavy atom. The van der Waals surface area contributed by atoms with E-state index in [2.05, 4.69) is 20.7 Å². The minimum absolute atomic E-state index is 0.0363. The topological polar surface area (TPSA) is 58.1 Å². The molecule has 0 unspecified atom stereocenters. The number of aromatic nitrogens is 2. The van der Waals surface area contributed by atoms with Crippen LogP contribution in [0.25, 0.3) is 10.6 Å². The van der Waals surface area contributed by atoms with Crippen molar-refractivity contribution in [3.8, 4) is 10.6 Å². The fraction of sp³-hybridized carbons (Fsp3) is 0.350. The third kappa shape index (κ3) is 4.20. The summed E-state index contributed by atoms with van der Waals surface area (Å²) >= 11 is 3.33. The summed E-state index contributed by atoms with van der Waals surface area (Å²) < 4.78 is 0. The molecule has 140 valence electrons. The van der Waals surface area contributed by atoms with Gasteiger partial charge in [0.05, 0.1) is 5.01 Å². The minimum Gasteiger partial charge on any atom is -0.324 e. The van der Waals surface area contributed by atoms with E-state index in [1.807, 2.05) is 48.4 Å². The van der Waals surface area contributed by atoms with Crippen LogP contribution in [-0.2, 0) is 0 Å². The van der Waals surface area contributed by atoms with E-state index in [0.717, 1.165) is 58.6 Å². The van der Waals surface area contributed by atoms with Crippen molar-refractivity contribution < 1.29 is 4.79 Å².